The topological polar surface area (TPSA) is 105 Å². The average Bonchev–Trinajstić information content (AvgIpc) is 2.17. The Morgan fingerprint density at radius 1 is 0.938 bits per heavy atom. The number of hydrogen-bond acceptors (Lipinski definition) is 6. The number of allylic oxidation sites excluding steroid dienone is 2. The first-order chi connectivity index (χ1) is 7.51. The Bertz CT molecular complexity index is 289. The van der Waals surface area contributed by atoms with Gasteiger partial charge >= 0.3 is 0 Å². The fourth-order valence-corrected chi connectivity index (χ4v) is 0.817. The highest BCUT2D eigenvalue weighted by Crippen LogP contribution is 1.93. The first kappa shape index (κ1) is 14.0. The van der Waals surface area contributed by atoms with E-state index in [9.17, 15) is 9.59 Å². The maximum Gasteiger partial charge on any atom is 0.231 e. The maximum atomic E-state index is 11.2. The molecule has 0 aliphatic heterocycles. The molecule has 0 rings (SSSR count). The van der Waals surface area contributed by atoms with Gasteiger partial charge in [0, 0.05) is 12.2 Å². The lowest BCUT2D eigenvalue weighted by atomic mass is 10.2. The second-order valence-corrected chi connectivity index (χ2v) is 2.69. The second kappa shape index (κ2) is 7.33. The molecular weight excluding hydrogens is 212 g/mol. The van der Waals surface area contributed by atoms with E-state index in [1.54, 1.807) is 13.8 Å². The third-order valence-electron chi connectivity index (χ3n) is 1.41. The summed E-state index contributed by atoms with van der Waals surface area (Å²) >= 11 is 0. The molecule has 6 nitrogen and oxygen atoms in total. The minimum absolute atomic E-state index is 0.107. The SMILES string of the molecule is CCOC(N)=CC(=O)C(=O)C=C(N)OCC. The van der Waals surface area contributed by atoms with Crippen LogP contribution in [-0.4, -0.2) is 24.8 Å². The fourth-order valence-electron chi connectivity index (χ4n) is 0.817. The molecule has 0 atom stereocenters. The first-order valence-electron chi connectivity index (χ1n) is 4.79. The van der Waals surface area contributed by atoms with Crippen LogP contribution < -0.4 is 11.5 Å². The van der Waals surface area contributed by atoms with Crippen LogP contribution in [0.4, 0.5) is 0 Å². The van der Waals surface area contributed by atoms with Gasteiger partial charge in [-0.15, -0.1) is 0 Å². The second-order valence-electron chi connectivity index (χ2n) is 2.69. The summed E-state index contributed by atoms with van der Waals surface area (Å²) in [5.41, 5.74) is 10.6. The minimum Gasteiger partial charge on any atom is -0.480 e. The molecule has 4 N–H and O–H groups in total. The predicted molar refractivity (Wildman–Crippen MR) is 57.8 cm³/mol. The Labute approximate surface area is 93.9 Å². The lowest BCUT2D eigenvalue weighted by Gasteiger charge is -2.01. The molecule has 0 amide bonds. The van der Waals surface area contributed by atoms with Gasteiger partial charge in [-0.25, -0.2) is 0 Å². The molecule has 0 bridgehead atoms. The van der Waals surface area contributed by atoms with Crippen molar-refractivity contribution in [3.63, 3.8) is 0 Å². The van der Waals surface area contributed by atoms with Crippen molar-refractivity contribution in [3.05, 3.63) is 23.9 Å². The number of nitrogens with two attached hydrogens (primary N) is 2. The molecule has 90 valence electrons. The van der Waals surface area contributed by atoms with Crippen LogP contribution in [0.1, 0.15) is 13.8 Å². The summed E-state index contributed by atoms with van der Waals surface area (Å²) in [6.07, 6.45) is 1.81. The molecule has 0 aliphatic carbocycles. The van der Waals surface area contributed by atoms with Gasteiger partial charge in [-0.3, -0.25) is 9.59 Å². The molecule has 0 spiro atoms. The van der Waals surface area contributed by atoms with E-state index in [1.807, 2.05) is 0 Å². The number of ketones is 2. The quantitative estimate of drug-likeness (QED) is 0.355. The number of hydrogen-bond donors (Lipinski definition) is 2. The predicted octanol–water partition coefficient (Wildman–Crippen LogP) is -0.202. The highest BCUT2D eigenvalue weighted by Gasteiger charge is 2.10. The van der Waals surface area contributed by atoms with Gasteiger partial charge in [-0.05, 0) is 13.8 Å². The van der Waals surface area contributed by atoms with E-state index in [0.29, 0.717) is 13.2 Å². The largest absolute Gasteiger partial charge is 0.480 e. The van der Waals surface area contributed by atoms with Crippen LogP contribution in [0.15, 0.2) is 23.9 Å². The molecule has 16 heavy (non-hydrogen) atoms. The van der Waals surface area contributed by atoms with Crippen LogP contribution in [-0.2, 0) is 19.1 Å². The smallest absolute Gasteiger partial charge is 0.231 e. The van der Waals surface area contributed by atoms with Crippen LogP contribution in [0.2, 0.25) is 0 Å². The van der Waals surface area contributed by atoms with Crippen LogP contribution in [0, 0.1) is 0 Å². The van der Waals surface area contributed by atoms with Crippen LogP contribution in [0.3, 0.4) is 0 Å². The Balaban J connectivity index is 4.46. The summed E-state index contributed by atoms with van der Waals surface area (Å²) in [7, 11) is 0. The van der Waals surface area contributed by atoms with Crippen molar-refractivity contribution in [2.45, 2.75) is 13.8 Å². The molecule has 0 heterocycles. The molecule has 0 saturated carbocycles. The van der Waals surface area contributed by atoms with E-state index in [4.69, 9.17) is 20.9 Å². The van der Waals surface area contributed by atoms with E-state index in [1.165, 1.54) is 0 Å². The van der Waals surface area contributed by atoms with E-state index < -0.39 is 11.6 Å². The zero-order chi connectivity index (χ0) is 12.6. The summed E-state index contributed by atoms with van der Waals surface area (Å²) in [6, 6.07) is 0. The number of carbonyl (C=O) groups is 2. The molecule has 0 fully saturated rings. The lowest BCUT2D eigenvalue weighted by Crippen LogP contribution is -2.15. The van der Waals surface area contributed by atoms with Gasteiger partial charge in [0.1, 0.15) is 0 Å². The molecule has 0 aliphatic rings. The van der Waals surface area contributed by atoms with Crippen molar-refractivity contribution < 1.29 is 19.1 Å². The Morgan fingerprint density at radius 2 is 1.25 bits per heavy atom. The first-order valence-corrected chi connectivity index (χ1v) is 4.79. The average molecular weight is 228 g/mol. The third kappa shape index (κ3) is 5.69. The van der Waals surface area contributed by atoms with Gasteiger partial charge in [-0.1, -0.05) is 0 Å². The van der Waals surface area contributed by atoms with Crippen molar-refractivity contribution in [2.24, 2.45) is 11.5 Å². The number of ether oxygens (including phenoxy) is 2. The van der Waals surface area contributed by atoms with E-state index in [-0.39, 0.29) is 11.8 Å². The summed E-state index contributed by atoms with van der Waals surface area (Å²) in [4.78, 5) is 22.5. The molecule has 0 radical (unpaired) electrons. The molecule has 0 aromatic rings. The summed E-state index contributed by atoms with van der Waals surface area (Å²) in [5, 5.41) is 0. The molecule has 0 saturated heterocycles. The highest BCUT2D eigenvalue weighted by atomic mass is 16.5. The standard InChI is InChI=1S/C10H16N2O4/c1-3-15-9(11)5-7(13)8(14)6-10(12)16-4-2/h5-6H,3-4,11-12H2,1-2H3. The summed E-state index contributed by atoms with van der Waals surface area (Å²) in [6.45, 7) is 4.06. The Morgan fingerprint density at radius 3 is 1.50 bits per heavy atom. The van der Waals surface area contributed by atoms with Crippen LogP contribution in [0.5, 0.6) is 0 Å². The fraction of sp³-hybridized carbons (Fsp3) is 0.400. The number of carbonyl (C=O) groups excluding carboxylic acids is 2. The monoisotopic (exact) mass is 228 g/mol. The van der Waals surface area contributed by atoms with E-state index in [0.717, 1.165) is 12.2 Å². The van der Waals surface area contributed by atoms with Crippen LogP contribution >= 0.6 is 0 Å². The zero-order valence-electron chi connectivity index (χ0n) is 9.36. The van der Waals surface area contributed by atoms with Gasteiger partial charge < -0.3 is 20.9 Å². The van der Waals surface area contributed by atoms with E-state index >= 15 is 0 Å². The van der Waals surface area contributed by atoms with Gasteiger partial charge in [0.2, 0.25) is 11.6 Å². The highest BCUT2D eigenvalue weighted by molar-refractivity contribution is 6.45. The Hall–Kier alpha value is -1.98. The summed E-state index contributed by atoms with van der Waals surface area (Å²) < 4.78 is 9.60. The minimum atomic E-state index is -0.811. The molecular formula is C10H16N2O4. The van der Waals surface area contributed by atoms with Gasteiger partial charge in [0.15, 0.2) is 11.8 Å². The van der Waals surface area contributed by atoms with Gasteiger partial charge in [0.25, 0.3) is 0 Å². The third-order valence-corrected chi connectivity index (χ3v) is 1.41. The zero-order valence-corrected chi connectivity index (χ0v) is 9.36. The number of rotatable bonds is 7. The summed E-state index contributed by atoms with van der Waals surface area (Å²) in [5.74, 6) is -1.84. The van der Waals surface area contributed by atoms with Crippen molar-refractivity contribution in [2.75, 3.05) is 13.2 Å². The van der Waals surface area contributed by atoms with Crippen molar-refractivity contribution in [3.8, 4) is 0 Å². The van der Waals surface area contributed by atoms with Crippen molar-refractivity contribution in [1.29, 1.82) is 0 Å². The molecule has 6 heteroatoms. The van der Waals surface area contributed by atoms with Crippen molar-refractivity contribution in [1.82, 2.24) is 0 Å². The van der Waals surface area contributed by atoms with Gasteiger partial charge in [0.05, 0.1) is 13.2 Å². The Kier molecular flexibility index (Phi) is 6.42. The molecule has 0 unspecified atom stereocenters. The van der Waals surface area contributed by atoms with Crippen LogP contribution in [0.25, 0.3) is 0 Å². The maximum absolute atomic E-state index is 11.2. The molecule has 0 aromatic carbocycles. The van der Waals surface area contributed by atoms with Gasteiger partial charge in [-0.2, -0.15) is 0 Å². The van der Waals surface area contributed by atoms with Crippen molar-refractivity contribution >= 4 is 11.6 Å². The normalized spacial score (nSPS) is 12.1. The van der Waals surface area contributed by atoms with E-state index in [2.05, 4.69) is 0 Å². The molecule has 0 aromatic heterocycles. The lowest BCUT2D eigenvalue weighted by molar-refractivity contribution is -0.131.